The van der Waals surface area contributed by atoms with Gasteiger partial charge in [-0.1, -0.05) is 39.5 Å². The fraction of sp³-hybridized carbons (Fsp3) is 0.714. The zero-order valence-electron chi connectivity index (χ0n) is 11.3. The maximum atomic E-state index is 4.03. The monoisotopic (exact) mass is 224 g/mol. The van der Waals surface area contributed by atoms with Crippen LogP contribution in [0.25, 0.3) is 0 Å². The quantitative estimate of drug-likeness (QED) is 0.453. The highest BCUT2D eigenvalue weighted by Gasteiger charge is 1.96. The lowest BCUT2D eigenvalue weighted by atomic mass is 10.2. The van der Waals surface area contributed by atoms with E-state index in [0.717, 1.165) is 26.2 Å². The van der Waals surface area contributed by atoms with Crippen LogP contribution in [0.15, 0.2) is 24.3 Å². The van der Waals surface area contributed by atoms with E-state index in [1.54, 1.807) is 0 Å². The summed E-state index contributed by atoms with van der Waals surface area (Å²) >= 11 is 0. The fourth-order valence-electron chi connectivity index (χ4n) is 1.55. The third kappa shape index (κ3) is 8.69. The Bertz CT molecular complexity index is 197. The van der Waals surface area contributed by atoms with Gasteiger partial charge < -0.3 is 5.32 Å². The van der Waals surface area contributed by atoms with Crippen molar-refractivity contribution in [2.24, 2.45) is 0 Å². The Balaban J connectivity index is 3.67. The molecule has 0 fully saturated rings. The van der Waals surface area contributed by atoms with Gasteiger partial charge >= 0.3 is 0 Å². The Morgan fingerprint density at radius 3 is 2.56 bits per heavy atom. The molecule has 0 aromatic carbocycles. The van der Waals surface area contributed by atoms with Crippen molar-refractivity contribution in [3.05, 3.63) is 24.3 Å². The van der Waals surface area contributed by atoms with Crippen molar-refractivity contribution in [1.29, 1.82) is 0 Å². The molecule has 0 aromatic heterocycles. The lowest BCUT2D eigenvalue weighted by Crippen LogP contribution is -2.24. The third-order valence-corrected chi connectivity index (χ3v) is 2.48. The maximum absolute atomic E-state index is 4.03. The second-order valence-corrected chi connectivity index (χ2v) is 4.13. The first-order valence-electron chi connectivity index (χ1n) is 6.51. The fourth-order valence-corrected chi connectivity index (χ4v) is 1.55. The molecule has 2 heteroatoms. The summed E-state index contributed by atoms with van der Waals surface area (Å²) in [5.74, 6) is 0. The molecule has 0 rings (SSSR count). The van der Waals surface area contributed by atoms with E-state index in [-0.39, 0.29) is 0 Å². The van der Waals surface area contributed by atoms with E-state index < -0.39 is 0 Å². The van der Waals surface area contributed by atoms with Crippen LogP contribution >= 0.6 is 0 Å². The van der Waals surface area contributed by atoms with Crippen LogP contribution in [0.5, 0.6) is 0 Å². The minimum absolute atomic E-state index is 0.907. The number of nitrogens with one attached hydrogen (secondary N) is 1. The van der Waals surface area contributed by atoms with Crippen LogP contribution in [0.3, 0.4) is 0 Å². The molecule has 0 aromatic rings. The molecule has 0 saturated heterocycles. The molecule has 0 amide bonds. The predicted molar refractivity (Wildman–Crippen MR) is 73.8 cm³/mol. The summed E-state index contributed by atoms with van der Waals surface area (Å²) in [7, 11) is 0. The highest BCUT2D eigenvalue weighted by molar-refractivity contribution is 5.16. The Hall–Kier alpha value is -0.600. The van der Waals surface area contributed by atoms with Crippen LogP contribution < -0.4 is 5.32 Å². The molecule has 0 aliphatic rings. The molecule has 16 heavy (non-hydrogen) atoms. The summed E-state index contributed by atoms with van der Waals surface area (Å²) in [6.45, 7) is 16.0. The maximum Gasteiger partial charge on any atom is 0.0199 e. The van der Waals surface area contributed by atoms with Gasteiger partial charge in [0.1, 0.15) is 0 Å². The molecule has 1 N–H and O–H groups in total. The minimum Gasteiger partial charge on any atom is -0.313 e. The topological polar surface area (TPSA) is 15.3 Å². The van der Waals surface area contributed by atoms with Gasteiger partial charge in [0.05, 0.1) is 0 Å². The molecule has 0 heterocycles. The van der Waals surface area contributed by atoms with Crippen molar-refractivity contribution in [3.8, 4) is 0 Å². The molecular formula is C14H28N2. The first-order valence-corrected chi connectivity index (χ1v) is 6.51. The van der Waals surface area contributed by atoms with Gasteiger partial charge in [0, 0.05) is 13.1 Å². The summed E-state index contributed by atoms with van der Waals surface area (Å²) < 4.78 is 0. The Morgan fingerprint density at radius 2 is 2.00 bits per heavy atom. The van der Waals surface area contributed by atoms with Crippen LogP contribution in [0.4, 0.5) is 0 Å². The van der Waals surface area contributed by atoms with Gasteiger partial charge in [-0.25, -0.2) is 0 Å². The van der Waals surface area contributed by atoms with Crippen molar-refractivity contribution in [1.82, 2.24) is 10.2 Å². The van der Waals surface area contributed by atoms with Gasteiger partial charge in [-0.2, -0.15) is 0 Å². The van der Waals surface area contributed by atoms with Gasteiger partial charge in [-0.3, -0.25) is 4.90 Å². The van der Waals surface area contributed by atoms with Crippen LogP contribution in [0, 0.1) is 0 Å². The van der Waals surface area contributed by atoms with Crippen LogP contribution in [0.1, 0.15) is 33.6 Å². The van der Waals surface area contributed by atoms with Crippen LogP contribution in [-0.2, 0) is 0 Å². The molecule has 0 saturated carbocycles. The molecular weight excluding hydrogens is 196 g/mol. The average molecular weight is 224 g/mol. The first kappa shape index (κ1) is 15.4. The van der Waals surface area contributed by atoms with E-state index in [1.807, 2.05) is 0 Å². The van der Waals surface area contributed by atoms with Crippen molar-refractivity contribution in [2.45, 2.75) is 33.6 Å². The van der Waals surface area contributed by atoms with E-state index in [0.29, 0.717) is 0 Å². The Labute approximate surface area is 101 Å². The van der Waals surface area contributed by atoms with Gasteiger partial charge in [-0.15, -0.1) is 0 Å². The van der Waals surface area contributed by atoms with Gasteiger partial charge in [0.2, 0.25) is 0 Å². The molecule has 0 aliphatic carbocycles. The summed E-state index contributed by atoms with van der Waals surface area (Å²) in [5.41, 5.74) is 1.17. The second kappa shape index (κ2) is 10.9. The highest BCUT2D eigenvalue weighted by Crippen LogP contribution is 1.95. The average Bonchev–Trinajstić information content (AvgIpc) is 2.28. The lowest BCUT2D eigenvalue weighted by Gasteiger charge is -2.16. The molecule has 0 unspecified atom stereocenters. The summed E-state index contributed by atoms with van der Waals surface area (Å²) in [6, 6.07) is 0. The van der Waals surface area contributed by atoms with E-state index in [9.17, 15) is 0 Å². The Morgan fingerprint density at radius 1 is 1.25 bits per heavy atom. The summed E-state index contributed by atoms with van der Waals surface area (Å²) in [6.07, 6.45) is 6.76. The number of hydrogen-bond acceptors (Lipinski definition) is 2. The van der Waals surface area contributed by atoms with E-state index in [1.165, 1.54) is 25.0 Å². The van der Waals surface area contributed by atoms with Crippen LogP contribution in [0.2, 0.25) is 0 Å². The molecule has 0 spiro atoms. The number of rotatable bonds is 10. The number of nitrogens with zero attached hydrogens (tertiary/aromatic N) is 1. The van der Waals surface area contributed by atoms with Gasteiger partial charge in [-0.05, 0) is 38.0 Å². The second-order valence-electron chi connectivity index (χ2n) is 4.13. The SMILES string of the molecule is C=C(/C=C\CN(CC)CCC)CNCCC. The third-order valence-electron chi connectivity index (χ3n) is 2.48. The van der Waals surface area contributed by atoms with Crippen LogP contribution in [-0.4, -0.2) is 37.6 Å². The minimum atomic E-state index is 0.907. The molecule has 0 bridgehead atoms. The van der Waals surface area contributed by atoms with Gasteiger partial charge in [0.15, 0.2) is 0 Å². The van der Waals surface area contributed by atoms with Crippen molar-refractivity contribution in [2.75, 3.05) is 32.7 Å². The zero-order valence-corrected chi connectivity index (χ0v) is 11.3. The lowest BCUT2D eigenvalue weighted by molar-refractivity contribution is 0.320. The molecule has 94 valence electrons. The van der Waals surface area contributed by atoms with Crippen molar-refractivity contribution in [3.63, 3.8) is 0 Å². The zero-order chi connectivity index (χ0) is 12.2. The van der Waals surface area contributed by atoms with E-state index in [2.05, 4.69) is 49.7 Å². The van der Waals surface area contributed by atoms with Crippen molar-refractivity contribution >= 4 is 0 Å². The number of likely N-dealkylation sites (N-methyl/N-ethyl adjacent to an activating group) is 1. The summed E-state index contributed by atoms with van der Waals surface area (Å²) in [5, 5.41) is 3.35. The Kier molecular flexibility index (Phi) is 10.5. The standard InChI is InChI=1S/C14H28N2/c1-5-10-15-13-14(4)9-8-12-16(7-3)11-6-2/h8-9,15H,4-7,10-13H2,1-3H3/b9-8-. The molecule has 2 nitrogen and oxygen atoms in total. The number of hydrogen-bond donors (Lipinski definition) is 1. The summed E-state index contributed by atoms with van der Waals surface area (Å²) in [4.78, 5) is 2.43. The molecule has 0 atom stereocenters. The molecule has 0 aliphatic heterocycles. The van der Waals surface area contributed by atoms with Crippen molar-refractivity contribution < 1.29 is 0 Å². The normalized spacial score (nSPS) is 11.5. The van der Waals surface area contributed by atoms with Gasteiger partial charge in [0.25, 0.3) is 0 Å². The van der Waals surface area contributed by atoms with E-state index >= 15 is 0 Å². The first-order chi connectivity index (χ1) is 7.74. The largest absolute Gasteiger partial charge is 0.313 e. The van der Waals surface area contributed by atoms with E-state index in [4.69, 9.17) is 0 Å². The smallest absolute Gasteiger partial charge is 0.0199 e. The highest BCUT2D eigenvalue weighted by atomic mass is 15.1. The predicted octanol–water partition coefficient (Wildman–Crippen LogP) is 2.83. The molecule has 0 radical (unpaired) electrons.